The van der Waals surface area contributed by atoms with Gasteiger partial charge in [0.1, 0.15) is 11.4 Å². The zero-order valence-electron chi connectivity index (χ0n) is 13.7. The summed E-state index contributed by atoms with van der Waals surface area (Å²) < 4.78 is 5.12. The molecule has 2 N–H and O–H groups in total. The summed E-state index contributed by atoms with van der Waals surface area (Å²) in [6.07, 6.45) is 5.10. The number of amides is 1. The van der Waals surface area contributed by atoms with Crippen molar-refractivity contribution in [2.45, 2.75) is 13.8 Å². The Hall–Kier alpha value is -3.07. The number of esters is 1. The minimum atomic E-state index is -0.472. The molecule has 6 nitrogen and oxygen atoms in total. The minimum absolute atomic E-state index is 0.0428. The highest BCUT2D eigenvalue weighted by Gasteiger charge is 2.20. The summed E-state index contributed by atoms with van der Waals surface area (Å²) >= 11 is 0. The molecular formula is C18H19N3O3. The van der Waals surface area contributed by atoms with E-state index in [0.29, 0.717) is 11.4 Å². The molecule has 1 aromatic heterocycles. The molecule has 0 atom stereocenters. The van der Waals surface area contributed by atoms with E-state index in [1.165, 1.54) is 0 Å². The molecule has 0 bridgehead atoms. The van der Waals surface area contributed by atoms with E-state index in [0.717, 1.165) is 16.5 Å². The van der Waals surface area contributed by atoms with Gasteiger partial charge in [-0.25, -0.2) is 9.78 Å². The van der Waals surface area contributed by atoms with E-state index in [2.05, 4.69) is 21.5 Å². The van der Waals surface area contributed by atoms with Crippen molar-refractivity contribution in [3.8, 4) is 12.3 Å². The van der Waals surface area contributed by atoms with Crippen LogP contribution >= 0.6 is 0 Å². The van der Waals surface area contributed by atoms with Gasteiger partial charge in [-0.2, -0.15) is 0 Å². The normalized spacial score (nSPS) is 10.0. The van der Waals surface area contributed by atoms with E-state index in [1.54, 1.807) is 6.92 Å². The molecular weight excluding hydrogens is 306 g/mol. The van der Waals surface area contributed by atoms with Crippen LogP contribution in [0.15, 0.2) is 24.3 Å². The van der Waals surface area contributed by atoms with Crippen molar-refractivity contribution in [2.24, 2.45) is 0 Å². The number of aromatic nitrogens is 1. The molecule has 0 aliphatic heterocycles. The molecule has 1 amide bonds. The molecule has 0 spiro atoms. The predicted octanol–water partition coefficient (Wildman–Crippen LogP) is 1.88. The maximum Gasteiger partial charge on any atom is 0.342 e. The molecule has 6 heteroatoms. The first-order chi connectivity index (χ1) is 11.6. The Bertz CT molecular complexity index is 809. The third kappa shape index (κ3) is 3.82. The van der Waals surface area contributed by atoms with Crippen LogP contribution in [0.5, 0.6) is 0 Å². The highest BCUT2D eigenvalue weighted by molar-refractivity contribution is 6.02. The molecule has 124 valence electrons. The topological polar surface area (TPSA) is 80.3 Å². The Kier molecular flexibility index (Phi) is 5.74. The highest BCUT2D eigenvalue weighted by Crippen LogP contribution is 2.26. The quantitative estimate of drug-likeness (QED) is 0.626. The summed E-state index contributed by atoms with van der Waals surface area (Å²) in [5.74, 6) is 1.89. The number of carbonyl (C=O) groups excluding carboxylic acids is 2. The van der Waals surface area contributed by atoms with Gasteiger partial charge in [-0.05, 0) is 25.5 Å². The van der Waals surface area contributed by atoms with E-state index < -0.39 is 5.97 Å². The van der Waals surface area contributed by atoms with Crippen LogP contribution in [0.3, 0.4) is 0 Å². The zero-order valence-corrected chi connectivity index (χ0v) is 13.7. The molecule has 1 aromatic carbocycles. The number of carbonyl (C=O) groups is 2. The summed E-state index contributed by atoms with van der Waals surface area (Å²) in [7, 11) is 0. The number of nitrogens with zero attached hydrogens (tertiary/aromatic N) is 1. The first-order valence-electron chi connectivity index (χ1n) is 7.59. The fourth-order valence-electron chi connectivity index (χ4n) is 2.33. The largest absolute Gasteiger partial charge is 0.462 e. The molecule has 0 radical (unpaired) electrons. The Morgan fingerprint density at radius 3 is 2.79 bits per heavy atom. The Labute approximate surface area is 140 Å². The molecule has 24 heavy (non-hydrogen) atoms. The fraction of sp³-hybridized carbons (Fsp3) is 0.278. The molecule has 0 fully saturated rings. The number of aryl methyl sites for hydroxylation is 1. The van der Waals surface area contributed by atoms with Crippen LogP contribution < -0.4 is 10.6 Å². The van der Waals surface area contributed by atoms with Gasteiger partial charge in [0.05, 0.1) is 25.2 Å². The van der Waals surface area contributed by atoms with Gasteiger partial charge in [0.25, 0.3) is 0 Å². The first kappa shape index (κ1) is 17.3. The lowest BCUT2D eigenvalue weighted by Crippen LogP contribution is -2.30. The van der Waals surface area contributed by atoms with Gasteiger partial charge in [-0.15, -0.1) is 6.42 Å². The summed E-state index contributed by atoms with van der Waals surface area (Å²) in [6, 6.07) is 7.49. The number of para-hydroxylation sites is 1. The number of terminal acetylenes is 1. The zero-order chi connectivity index (χ0) is 17.5. The lowest BCUT2D eigenvalue weighted by molar-refractivity contribution is -0.119. The second-order valence-corrected chi connectivity index (χ2v) is 5.03. The number of hydrogen-bond acceptors (Lipinski definition) is 5. The molecule has 0 unspecified atom stereocenters. The second kappa shape index (κ2) is 7.97. The van der Waals surface area contributed by atoms with Crippen molar-refractivity contribution >= 4 is 28.6 Å². The van der Waals surface area contributed by atoms with Crippen LogP contribution in [-0.4, -0.2) is 36.6 Å². The molecule has 1 heterocycles. The standard InChI is InChI=1S/C18H19N3O3/c1-4-10-19-15(22)11-20-17-16(18(23)24-5-2)12(3)13-8-6-7-9-14(13)21-17/h1,6-9H,5,10-11H2,2-3H3,(H,19,22)(H,20,21). The number of rotatable bonds is 6. The molecule has 0 saturated carbocycles. The van der Waals surface area contributed by atoms with Gasteiger partial charge >= 0.3 is 5.97 Å². The van der Waals surface area contributed by atoms with Crippen LogP contribution in [0.1, 0.15) is 22.8 Å². The molecule has 2 aromatic rings. The van der Waals surface area contributed by atoms with Gasteiger partial charge < -0.3 is 15.4 Å². The molecule has 0 aliphatic rings. The van der Waals surface area contributed by atoms with Crippen molar-refractivity contribution in [1.82, 2.24) is 10.3 Å². The lowest BCUT2D eigenvalue weighted by atomic mass is 10.0. The number of nitrogens with one attached hydrogen (secondary N) is 2. The lowest BCUT2D eigenvalue weighted by Gasteiger charge is -2.15. The number of pyridine rings is 1. The van der Waals surface area contributed by atoms with Crippen molar-refractivity contribution in [2.75, 3.05) is 25.0 Å². The smallest absolute Gasteiger partial charge is 0.342 e. The number of benzene rings is 1. The number of fused-ring (bicyclic) bond motifs is 1. The van der Waals surface area contributed by atoms with E-state index in [1.807, 2.05) is 31.2 Å². The summed E-state index contributed by atoms with van der Waals surface area (Å²) in [6.45, 7) is 3.93. The second-order valence-electron chi connectivity index (χ2n) is 5.03. The Balaban J connectivity index is 2.39. The average molecular weight is 325 g/mol. The Morgan fingerprint density at radius 1 is 1.33 bits per heavy atom. The molecule has 0 aliphatic carbocycles. The van der Waals surface area contributed by atoms with E-state index >= 15 is 0 Å². The maximum absolute atomic E-state index is 12.3. The van der Waals surface area contributed by atoms with Crippen LogP contribution in [0, 0.1) is 19.3 Å². The van der Waals surface area contributed by atoms with Crippen LogP contribution in [0.2, 0.25) is 0 Å². The fourth-order valence-corrected chi connectivity index (χ4v) is 2.33. The van der Waals surface area contributed by atoms with Crippen LogP contribution in [-0.2, 0) is 9.53 Å². The summed E-state index contributed by atoms with van der Waals surface area (Å²) in [5, 5.41) is 6.31. The van der Waals surface area contributed by atoms with Crippen molar-refractivity contribution < 1.29 is 14.3 Å². The number of hydrogen-bond donors (Lipinski definition) is 2. The van der Waals surface area contributed by atoms with Crippen molar-refractivity contribution in [3.05, 3.63) is 35.4 Å². The van der Waals surface area contributed by atoms with Gasteiger partial charge in [0.15, 0.2) is 0 Å². The van der Waals surface area contributed by atoms with Crippen LogP contribution in [0.4, 0.5) is 5.82 Å². The first-order valence-corrected chi connectivity index (χ1v) is 7.59. The third-order valence-electron chi connectivity index (χ3n) is 3.44. The minimum Gasteiger partial charge on any atom is -0.462 e. The molecule has 0 saturated heterocycles. The monoisotopic (exact) mass is 325 g/mol. The van der Waals surface area contributed by atoms with E-state index in [4.69, 9.17) is 11.2 Å². The van der Waals surface area contributed by atoms with Gasteiger partial charge in [-0.1, -0.05) is 24.1 Å². The SMILES string of the molecule is C#CCNC(=O)CNc1nc2ccccc2c(C)c1C(=O)OCC. The maximum atomic E-state index is 12.3. The predicted molar refractivity (Wildman–Crippen MR) is 92.8 cm³/mol. The van der Waals surface area contributed by atoms with Gasteiger partial charge in [0.2, 0.25) is 5.91 Å². The van der Waals surface area contributed by atoms with Gasteiger partial charge in [-0.3, -0.25) is 4.79 Å². The van der Waals surface area contributed by atoms with Gasteiger partial charge in [0, 0.05) is 5.39 Å². The summed E-state index contributed by atoms with van der Waals surface area (Å²) in [4.78, 5) is 28.5. The summed E-state index contributed by atoms with van der Waals surface area (Å²) in [5.41, 5.74) is 1.82. The third-order valence-corrected chi connectivity index (χ3v) is 3.44. The molecule has 2 rings (SSSR count). The van der Waals surface area contributed by atoms with E-state index in [9.17, 15) is 9.59 Å². The number of anilines is 1. The average Bonchev–Trinajstić information content (AvgIpc) is 2.58. The van der Waals surface area contributed by atoms with Crippen molar-refractivity contribution in [3.63, 3.8) is 0 Å². The van der Waals surface area contributed by atoms with Crippen molar-refractivity contribution in [1.29, 1.82) is 0 Å². The highest BCUT2D eigenvalue weighted by atomic mass is 16.5. The van der Waals surface area contributed by atoms with Crippen LogP contribution in [0.25, 0.3) is 10.9 Å². The Morgan fingerprint density at radius 2 is 2.08 bits per heavy atom. The number of ether oxygens (including phenoxy) is 1. The van der Waals surface area contributed by atoms with E-state index in [-0.39, 0.29) is 25.6 Å².